The van der Waals surface area contributed by atoms with Gasteiger partial charge in [0.25, 0.3) is 5.91 Å². The van der Waals surface area contributed by atoms with Crippen LogP contribution >= 0.6 is 0 Å². The zero-order chi connectivity index (χ0) is 22.4. The average molecular weight is 425 g/mol. The molecule has 2 aromatic rings. The van der Waals surface area contributed by atoms with E-state index in [0.717, 1.165) is 24.0 Å². The number of likely N-dealkylation sites (tertiary alicyclic amines) is 1. The van der Waals surface area contributed by atoms with Gasteiger partial charge in [-0.25, -0.2) is 0 Å². The van der Waals surface area contributed by atoms with Gasteiger partial charge in [0.1, 0.15) is 0 Å². The second-order valence-electron chi connectivity index (χ2n) is 7.97. The first kappa shape index (κ1) is 22.7. The van der Waals surface area contributed by atoms with Crippen molar-refractivity contribution in [3.63, 3.8) is 0 Å². The number of hydrogen-bond donors (Lipinski definition) is 1. The topological polar surface area (TPSA) is 67.9 Å². The van der Waals surface area contributed by atoms with Crippen LogP contribution in [0.15, 0.2) is 42.5 Å². The predicted molar refractivity (Wildman–Crippen MR) is 121 cm³/mol. The van der Waals surface area contributed by atoms with Crippen molar-refractivity contribution in [2.45, 2.75) is 32.6 Å². The Balaban J connectivity index is 1.94. The number of hydrogen-bond acceptors (Lipinski definition) is 4. The van der Waals surface area contributed by atoms with Gasteiger partial charge >= 0.3 is 0 Å². The van der Waals surface area contributed by atoms with Gasteiger partial charge in [0.05, 0.1) is 20.1 Å². The quantitative estimate of drug-likeness (QED) is 0.655. The summed E-state index contributed by atoms with van der Waals surface area (Å²) in [7, 11) is 3.20. The lowest BCUT2D eigenvalue weighted by Gasteiger charge is -2.21. The van der Waals surface area contributed by atoms with Gasteiger partial charge in [-0.2, -0.15) is 0 Å². The molecule has 0 unspecified atom stereocenters. The maximum atomic E-state index is 13.3. The molecular formula is C25H32N2O4. The Morgan fingerprint density at radius 2 is 1.84 bits per heavy atom. The Morgan fingerprint density at radius 3 is 2.52 bits per heavy atom. The maximum Gasteiger partial charge on any atom is 0.254 e. The van der Waals surface area contributed by atoms with Gasteiger partial charge in [0.2, 0.25) is 5.91 Å². The van der Waals surface area contributed by atoms with Crippen LogP contribution in [-0.4, -0.2) is 50.6 Å². The van der Waals surface area contributed by atoms with Gasteiger partial charge in [-0.05, 0) is 31.0 Å². The van der Waals surface area contributed by atoms with Crippen LogP contribution in [0.5, 0.6) is 11.5 Å². The molecule has 2 aromatic carbocycles. The lowest BCUT2D eigenvalue weighted by Crippen LogP contribution is -2.36. The highest BCUT2D eigenvalue weighted by atomic mass is 16.5. The van der Waals surface area contributed by atoms with Crippen molar-refractivity contribution in [2.24, 2.45) is 5.92 Å². The summed E-state index contributed by atoms with van der Waals surface area (Å²) in [5.74, 6) is 0.628. The summed E-state index contributed by atoms with van der Waals surface area (Å²) in [6.45, 7) is 5.48. The number of ether oxygens (including phenoxy) is 2. The Labute approximate surface area is 184 Å². The molecule has 6 nitrogen and oxygen atoms in total. The number of unbranched alkanes of at least 4 members (excludes halogenated alkanes) is 1. The molecule has 6 heteroatoms. The molecule has 1 aliphatic rings. The fraction of sp³-hybridized carbons (Fsp3) is 0.440. The summed E-state index contributed by atoms with van der Waals surface area (Å²) in [6, 6.07) is 13.3. The Morgan fingerprint density at radius 1 is 1.06 bits per heavy atom. The fourth-order valence-electron chi connectivity index (χ4n) is 4.26. The van der Waals surface area contributed by atoms with E-state index in [1.165, 1.54) is 0 Å². The lowest BCUT2D eigenvalue weighted by atomic mass is 9.87. The largest absolute Gasteiger partial charge is 0.493 e. The minimum Gasteiger partial charge on any atom is -0.493 e. The molecule has 1 N–H and O–H groups in total. The van der Waals surface area contributed by atoms with E-state index >= 15 is 0 Å². The zero-order valence-electron chi connectivity index (χ0n) is 18.8. The number of carbonyl (C=O) groups excluding carboxylic acids is 2. The third-order valence-corrected chi connectivity index (χ3v) is 5.98. The number of aryl methyl sites for hydroxylation is 1. The summed E-state index contributed by atoms with van der Waals surface area (Å²) >= 11 is 0. The highest BCUT2D eigenvalue weighted by Gasteiger charge is 2.42. The van der Waals surface area contributed by atoms with Crippen molar-refractivity contribution < 1.29 is 19.1 Å². The molecule has 166 valence electrons. The normalized spacial score (nSPS) is 18.0. The van der Waals surface area contributed by atoms with Gasteiger partial charge in [0, 0.05) is 36.7 Å². The number of para-hydroxylation sites is 1. The van der Waals surface area contributed by atoms with Gasteiger partial charge in [-0.3, -0.25) is 9.59 Å². The van der Waals surface area contributed by atoms with Crippen LogP contribution in [0.1, 0.15) is 47.2 Å². The minimum atomic E-state index is -0.356. The van der Waals surface area contributed by atoms with Crippen LogP contribution in [0.4, 0.5) is 0 Å². The number of benzene rings is 2. The first-order valence-electron chi connectivity index (χ1n) is 10.8. The highest BCUT2D eigenvalue weighted by molar-refractivity contribution is 5.96. The Kier molecular flexibility index (Phi) is 7.55. The molecule has 0 bridgehead atoms. The van der Waals surface area contributed by atoms with Gasteiger partial charge in [0.15, 0.2) is 11.5 Å². The van der Waals surface area contributed by atoms with Crippen molar-refractivity contribution in [1.82, 2.24) is 10.2 Å². The smallest absolute Gasteiger partial charge is 0.254 e. The second kappa shape index (κ2) is 10.3. The molecule has 0 aliphatic carbocycles. The number of nitrogens with one attached hydrogen (secondary N) is 1. The van der Waals surface area contributed by atoms with E-state index in [1.807, 2.05) is 49.4 Å². The van der Waals surface area contributed by atoms with Gasteiger partial charge < -0.3 is 19.7 Å². The first-order chi connectivity index (χ1) is 15.0. The van der Waals surface area contributed by atoms with Crippen molar-refractivity contribution in [3.8, 4) is 11.5 Å². The molecule has 1 saturated heterocycles. The molecule has 2 amide bonds. The number of amides is 2. The van der Waals surface area contributed by atoms with Crippen LogP contribution in [0, 0.1) is 12.8 Å². The van der Waals surface area contributed by atoms with Crippen molar-refractivity contribution in [1.29, 1.82) is 0 Å². The van der Waals surface area contributed by atoms with E-state index in [1.54, 1.807) is 19.1 Å². The van der Waals surface area contributed by atoms with Crippen LogP contribution < -0.4 is 14.8 Å². The number of methoxy groups -OCH3 is 2. The first-order valence-corrected chi connectivity index (χ1v) is 10.8. The van der Waals surface area contributed by atoms with Crippen LogP contribution in [-0.2, 0) is 4.79 Å². The summed E-state index contributed by atoms with van der Waals surface area (Å²) < 4.78 is 11.1. The summed E-state index contributed by atoms with van der Waals surface area (Å²) in [5, 5.41) is 3.05. The van der Waals surface area contributed by atoms with E-state index in [9.17, 15) is 9.59 Å². The third-order valence-electron chi connectivity index (χ3n) is 5.98. The van der Waals surface area contributed by atoms with Crippen LogP contribution in [0.3, 0.4) is 0 Å². The minimum absolute atomic E-state index is 0.0246. The molecule has 1 fully saturated rings. The molecule has 0 spiro atoms. The molecule has 0 aromatic heterocycles. The van der Waals surface area contributed by atoms with Crippen LogP contribution in [0.25, 0.3) is 0 Å². The van der Waals surface area contributed by atoms with E-state index < -0.39 is 0 Å². The van der Waals surface area contributed by atoms with Gasteiger partial charge in [-0.1, -0.05) is 43.7 Å². The monoisotopic (exact) mass is 424 g/mol. The molecule has 3 rings (SSSR count). The number of rotatable bonds is 8. The summed E-state index contributed by atoms with van der Waals surface area (Å²) in [4.78, 5) is 28.2. The maximum absolute atomic E-state index is 13.3. The number of carbonyl (C=O) groups is 2. The second-order valence-corrected chi connectivity index (χ2v) is 7.97. The van der Waals surface area contributed by atoms with E-state index in [4.69, 9.17) is 9.47 Å². The molecule has 1 heterocycles. The number of nitrogens with zero attached hydrogens (tertiary/aromatic N) is 1. The van der Waals surface area contributed by atoms with Crippen molar-refractivity contribution in [3.05, 3.63) is 59.2 Å². The van der Waals surface area contributed by atoms with E-state index in [-0.39, 0.29) is 23.7 Å². The van der Waals surface area contributed by atoms with E-state index in [2.05, 4.69) is 12.2 Å². The summed E-state index contributed by atoms with van der Waals surface area (Å²) in [5.41, 5.74) is 2.49. The van der Waals surface area contributed by atoms with Crippen molar-refractivity contribution >= 4 is 11.8 Å². The lowest BCUT2D eigenvalue weighted by molar-refractivity contribution is -0.124. The third kappa shape index (κ3) is 4.84. The molecule has 0 radical (unpaired) electrons. The molecule has 2 atom stereocenters. The van der Waals surface area contributed by atoms with Crippen LogP contribution in [0.2, 0.25) is 0 Å². The van der Waals surface area contributed by atoms with Gasteiger partial charge in [-0.15, -0.1) is 0 Å². The van der Waals surface area contributed by atoms with E-state index in [0.29, 0.717) is 36.7 Å². The summed E-state index contributed by atoms with van der Waals surface area (Å²) in [6.07, 6.45) is 1.94. The molecule has 31 heavy (non-hydrogen) atoms. The zero-order valence-corrected chi connectivity index (χ0v) is 18.8. The SMILES string of the molecule is CCCCNC(=O)[C@H]1CN(C(=O)c2ccccc2C)C[C@H]1c1cccc(OC)c1OC. The standard InChI is InChI=1S/C25H32N2O4/c1-5-6-14-26-24(28)21-16-27(25(29)18-11-8-7-10-17(18)2)15-20(21)19-12-9-13-22(30-3)23(19)31-4/h7-13,20-21H,5-6,14-16H2,1-4H3,(H,26,28)/t20-,21-/m0/s1. The average Bonchev–Trinajstić information content (AvgIpc) is 3.24. The fourth-order valence-corrected chi connectivity index (χ4v) is 4.26. The Bertz CT molecular complexity index is 927. The molecular weight excluding hydrogens is 392 g/mol. The van der Waals surface area contributed by atoms with Crippen molar-refractivity contribution in [2.75, 3.05) is 33.9 Å². The predicted octanol–water partition coefficient (Wildman–Crippen LogP) is 3.78. The molecule has 1 aliphatic heterocycles. The Hall–Kier alpha value is -3.02. The highest BCUT2D eigenvalue weighted by Crippen LogP contribution is 2.42. The molecule has 0 saturated carbocycles.